The quantitative estimate of drug-likeness (QED) is 0.233. The molecule has 9 heteroatoms. The maximum Gasteiger partial charge on any atom is 0.276 e. The molecule has 0 aliphatic carbocycles. The van der Waals surface area contributed by atoms with Crippen LogP contribution in [0.15, 0.2) is 58.2 Å². The molecule has 8 nitrogen and oxygen atoms in total. The molecule has 0 N–H and O–H groups in total. The second kappa shape index (κ2) is 9.04. The van der Waals surface area contributed by atoms with Crippen molar-refractivity contribution in [3.63, 3.8) is 0 Å². The van der Waals surface area contributed by atoms with Crippen LogP contribution in [0.5, 0.6) is 11.5 Å². The average Bonchev–Trinajstić information content (AvgIpc) is 3.17. The van der Waals surface area contributed by atoms with Crippen molar-refractivity contribution < 1.29 is 18.8 Å². The van der Waals surface area contributed by atoms with E-state index in [9.17, 15) is 10.1 Å². The predicted molar refractivity (Wildman–Crippen MR) is 100 cm³/mol. The number of nitrogens with zero attached hydrogens (tertiary/aromatic N) is 3. The third-order valence-electron chi connectivity index (χ3n) is 3.55. The number of ether oxygens (including phenoxy) is 2. The fourth-order valence-electron chi connectivity index (χ4n) is 2.22. The highest BCUT2D eigenvalue weighted by atomic mass is 32.2. The Hall–Kier alpha value is -3.07. The fraction of sp³-hybridized carbons (Fsp3) is 0.222. The number of hydrogen-bond acceptors (Lipinski definition) is 8. The van der Waals surface area contributed by atoms with E-state index in [0.29, 0.717) is 17.4 Å². The van der Waals surface area contributed by atoms with Gasteiger partial charge in [-0.25, -0.2) is 0 Å². The minimum absolute atomic E-state index is 0.0180. The molecule has 0 unspecified atom stereocenters. The molecule has 0 aliphatic rings. The van der Waals surface area contributed by atoms with E-state index in [-0.39, 0.29) is 11.6 Å². The van der Waals surface area contributed by atoms with Gasteiger partial charge >= 0.3 is 0 Å². The van der Waals surface area contributed by atoms with Gasteiger partial charge in [-0.15, -0.1) is 10.2 Å². The van der Waals surface area contributed by atoms with E-state index in [1.807, 2.05) is 24.3 Å². The molecular weight excluding hydrogens is 370 g/mol. The largest absolute Gasteiger partial charge is 0.497 e. The van der Waals surface area contributed by atoms with Gasteiger partial charge in [0, 0.05) is 23.4 Å². The minimum Gasteiger partial charge on any atom is -0.497 e. The molecule has 0 bridgehead atoms. The lowest BCUT2D eigenvalue weighted by molar-refractivity contribution is -0.384. The Bertz CT molecular complexity index is 898. The summed E-state index contributed by atoms with van der Waals surface area (Å²) in [6.45, 7) is 0.561. The van der Waals surface area contributed by atoms with Gasteiger partial charge < -0.3 is 13.9 Å². The van der Waals surface area contributed by atoms with Crippen LogP contribution in [0, 0.1) is 10.1 Å². The normalized spacial score (nSPS) is 10.6. The molecule has 0 saturated carbocycles. The van der Waals surface area contributed by atoms with Crippen molar-refractivity contribution >= 4 is 17.4 Å². The molecule has 0 aliphatic heterocycles. The van der Waals surface area contributed by atoms with Crippen LogP contribution in [-0.2, 0) is 0 Å². The summed E-state index contributed by atoms with van der Waals surface area (Å²) in [6.07, 6.45) is 0.797. The molecule has 0 atom stereocenters. The van der Waals surface area contributed by atoms with Gasteiger partial charge in [-0.05, 0) is 36.8 Å². The first kappa shape index (κ1) is 18.7. The smallest absolute Gasteiger partial charge is 0.276 e. The minimum atomic E-state index is -0.460. The standard InChI is InChI=1S/C18H17N3O5S/c1-24-15-6-8-16(9-7-15)25-10-3-11-27-18-20-19-17(26-18)13-4-2-5-14(12-13)21(22)23/h2,4-9,12H,3,10-11H2,1H3. The second-order valence-corrected chi connectivity index (χ2v) is 6.45. The highest BCUT2D eigenvalue weighted by Crippen LogP contribution is 2.26. The van der Waals surface area contributed by atoms with Crippen LogP contribution in [0.4, 0.5) is 5.69 Å². The SMILES string of the molecule is COc1ccc(OCCCSc2nnc(-c3cccc([N+](=O)[O-])c3)o2)cc1. The predicted octanol–water partition coefficient (Wildman–Crippen LogP) is 4.21. The van der Waals surface area contributed by atoms with Crippen LogP contribution >= 0.6 is 11.8 Å². The van der Waals surface area contributed by atoms with Gasteiger partial charge in [0.15, 0.2) is 0 Å². The summed E-state index contributed by atoms with van der Waals surface area (Å²) < 4.78 is 16.3. The lowest BCUT2D eigenvalue weighted by atomic mass is 10.2. The van der Waals surface area contributed by atoms with Gasteiger partial charge in [0.05, 0.1) is 18.6 Å². The van der Waals surface area contributed by atoms with E-state index in [4.69, 9.17) is 13.9 Å². The molecule has 0 fully saturated rings. The topological polar surface area (TPSA) is 101 Å². The maximum atomic E-state index is 10.8. The maximum absolute atomic E-state index is 10.8. The molecule has 140 valence electrons. The van der Waals surface area contributed by atoms with Gasteiger partial charge in [0.25, 0.3) is 10.9 Å². The average molecular weight is 387 g/mol. The Morgan fingerprint density at radius 1 is 1.15 bits per heavy atom. The number of nitro groups is 1. The number of nitro benzene ring substituents is 1. The third kappa shape index (κ3) is 5.20. The van der Waals surface area contributed by atoms with Gasteiger partial charge in [0.1, 0.15) is 11.5 Å². The zero-order chi connectivity index (χ0) is 19.1. The molecule has 2 aromatic carbocycles. The van der Waals surface area contributed by atoms with E-state index in [0.717, 1.165) is 23.7 Å². The van der Waals surface area contributed by atoms with E-state index >= 15 is 0 Å². The highest BCUT2D eigenvalue weighted by Gasteiger charge is 2.13. The molecule has 0 amide bonds. The monoisotopic (exact) mass is 387 g/mol. The Kier molecular flexibility index (Phi) is 6.26. The molecule has 0 radical (unpaired) electrons. The number of methoxy groups -OCH3 is 1. The second-order valence-electron chi connectivity index (χ2n) is 5.41. The van der Waals surface area contributed by atoms with Crippen molar-refractivity contribution in [2.24, 2.45) is 0 Å². The van der Waals surface area contributed by atoms with E-state index in [1.54, 1.807) is 19.2 Å². The van der Waals surface area contributed by atoms with Crippen molar-refractivity contribution in [1.29, 1.82) is 0 Å². The Labute approximate surface area is 159 Å². The number of aromatic nitrogens is 2. The summed E-state index contributed by atoms with van der Waals surface area (Å²) in [5.41, 5.74) is 0.502. The number of hydrogen-bond donors (Lipinski definition) is 0. The molecule has 1 aromatic heterocycles. The molecular formula is C18H17N3O5S. The van der Waals surface area contributed by atoms with Crippen molar-refractivity contribution in [3.8, 4) is 23.0 Å². The first-order valence-corrected chi connectivity index (χ1v) is 9.12. The van der Waals surface area contributed by atoms with E-state index < -0.39 is 4.92 Å². The molecule has 1 heterocycles. The zero-order valence-corrected chi connectivity index (χ0v) is 15.3. The van der Waals surface area contributed by atoms with Crippen molar-refractivity contribution in [2.45, 2.75) is 11.6 Å². The van der Waals surface area contributed by atoms with Crippen LogP contribution in [0.1, 0.15) is 6.42 Å². The van der Waals surface area contributed by atoms with Crippen LogP contribution in [-0.4, -0.2) is 34.6 Å². The fourth-order valence-corrected chi connectivity index (χ4v) is 2.89. The molecule has 3 rings (SSSR count). The first-order valence-electron chi connectivity index (χ1n) is 8.13. The number of thioether (sulfide) groups is 1. The molecule has 0 spiro atoms. The van der Waals surface area contributed by atoms with Crippen LogP contribution in [0.25, 0.3) is 11.5 Å². The summed E-state index contributed by atoms with van der Waals surface area (Å²) in [5.74, 6) is 2.57. The Morgan fingerprint density at radius 3 is 2.67 bits per heavy atom. The highest BCUT2D eigenvalue weighted by molar-refractivity contribution is 7.99. The molecule has 0 saturated heterocycles. The van der Waals surface area contributed by atoms with Gasteiger partial charge in [-0.1, -0.05) is 17.8 Å². The van der Waals surface area contributed by atoms with E-state index in [1.165, 1.54) is 23.9 Å². The summed E-state index contributed by atoms with van der Waals surface area (Å²) >= 11 is 1.41. The summed E-state index contributed by atoms with van der Waals surface area (Å²) in [6, 6.07) is 13.5. The van der Waals surface area contributed by atoms with Crippen molar-refractivity contribution in [1.82, 2.24) is 10.2 Å². The summed E-state index contributed by atoms with van der Waals surface area (Å²) in [7, 11) is 1.62. The molecule has 3 aromatic rings. The van der Waals surface area contributed by atoms with Crippen molar-refractivity contribution in [3.05, 3.63) is 58.6 Å². The van der Waals surface area contributed by atoms with Crippen molar-refractivity contribution in [2.75, 3.05) is 19.5 Å². The summed E-state index contributed by atoms with van der Waals surface area (Å²) in [4.78, 5) is 10.4. The van der Waals surface area contributed by atoms with Crippen LogP contribution in [0.2, 0.25) is 0 Å². The molecule has 27 heavy (non-hydrogen) atoms. The van der Waals surface area contributed by atoms with Crippen LogP contribution < -0.4 is 9.47 Å². The van der Waals surface area contributed by atoms with Gasteiger partial charge in [0.2, 0.25) is 5.89 Å². The lowest BCUT2D eigenvalue weighted by Crippen LogP contribution is -1.98. The van der Waals surface area contributed by atoms with Crippen LogP contribution in [0.3, 0.4) is 0 Å². The number of non-ortho nitro benzene ring substituents is 1. The number of benzene rings is 2. The Morgan fingerprint density at radius 2 is 1.93 bits per heavy atom. The first-order chi connectivity index (χ1) is 13.2. The van der Waals surface area contributed by atoms with Gasteiger partial charge in [-0.3, -0.25) is 10.1 Å². The number of rotatable bonds is 9. The summed E-state index contributed by atoms with van der Waals surface area (Å²) in [5, 5.41) is 19.2. The Balaban J connectivity index is 1.45. The van der Waals surface area contributed by atoms with E-state index in [2.05, 4.69) is 10.2 Å². The van der Waals surface area contributed by atoms with Gasteiger partial charge in [-0.2, -0.15) is 0 Å². The zero-order valence-electron chi connectivity index (χ0n) is 14.5. The third-order valence-corrected chi connectivity index (χ3v) is 4.46. The lowest BCUT2D eigenvalue weighted by Gasteiger charge is -2.06.